The first-order valence-corrected chi connectivity index (χ1v) is 11.7. The average Bonchev–Trinajstić information content (AvgIpc) is 3.53. The van der Waals surface area contributed by atoms with E-state index >= 15 is 8.78 Å². The van der Waals surface area contributed by atoms with Crippen molar-refractivity contribution in [1.29, 1.82) is 31.6 Å². The van der Waals surface area contributed by atoms with Crippen LogP contribution in [0, 0.1) is 91.3 Å². The molecule has 5 rings (SSSR count). The third-order valence-electron chi connectivity index (χ3n) is 6.81. The number of allylic oxidation sites excluding steroid dienone is 8. The Balaban J connectivity index is 2.02. The van der Waals surface area contributed by atoms with E-state index < -0.39 is 79.0 Å². The number of hydrogen-bond acceptors (Lipinski definition) is 6. The molecule has 42 heavy (non-hydrogen) atoms. The van der Waals surface area contributed by atoms with Gasteiger partial charge in [-0.2, -0.15) is 31.6 Å². The molecule has 0 atom stereocenters. The summed E-state index contributed by atoms with van der Waals surface area (Å²) >= 11 is 0. The van der Waals surface area contributed by atoms with Crippen molar-refractivity contribution in [2.45, 2.75) is 0 Å². The minimum atomic E-state index is -1.30. The fraction of sp³-hybridized carbons (Fsp3) is 0. The first-order chi connectivity index (χ1) is 20.3. The molecule has 0 fully saturated rings. The maximum absolute atomic E-state index is 16.8. The summed E-state index contributed by atoms with van der Waals surface area (Å²) in [7, 11) is 0. The summed E-state index contributed by atoms with van der Waals surface area (Å²) in [5.41, 5.74) is -6.27. The van der Waals surface area contributed by atoms with Crippen LogP contribution >= 0.6 is 0 Å². The Morgan fingerprint density at radius 3 is 1.02 bits per heavy atom. The standard InChI is InChI=1S/C32H8F4N6/c33-19-5-1-15(2-6-19)23-21(13-41)27-29(25(23)17(9-37)10-38)32(36)28-22(14-42)24(16-3-7-20(34)8-4-16)26(18(11-39)12-40)30(28)31(27)35/h1-8H. The van der Waals surface area contributed by atoms with Gasteiger partial charge in [-0.05, 0) is 35.4 Å². The summed E-state index contributed by atoms with van der Waals surface area (Å²) in [6.45, 7) is 0. The lowest BCUT2D eigenvalue weighted by atomic mass is 9.89. The van der Waals surface area contributed by atoms with E-state index in [1.54, 1.807) is 36.4 Å². The van der Waals surface area contributed by atoms with E-state index in [2.05, 4.69) is 0 Å². The highest BCUT2D eigenvalue weighted by Crippen LogP contribution is 2.57. The van der Waals surface area contributed by atoms with Gasteiger partial charge in [-0.3, -0.25) is 0 Å². The van der Waals surface area contributed by atoms with Crippen LogP contribution in [0.15, 0.2) is 59.7 Å². The van der Waals surface area contributed by atoms with Gasteiger partial charge in [0.2, 0.25) is 0 Å². The molecule has 0 heterocycles. The van der Waals surface area contributed by atoms with E-state index in [1.807, 2.05) is 0 Å². The molecule has 194 valence electrons. The smallest absolute Gasteiger partial charge is 0.141 e. The molecule has 3 aromatic rings. The van der Waals surface area contributed by atoms with E-state index in [9.17, 15) is 40.4 Å². The highest BCUT2D eigenvalue weighted by molar-refractivity contribution is 6.30. The predicted octanol–water partition coefficient (Wildman–Crippen LogP) is 6.74. The van der Waals surface area contributed by atoms with Gasteiger partial charge < -0.3 is 0 Å². The van der Waals surface area contributed by atoms with Gasteiger partial charge in [0, 0.05) is 44.5 Å². The summed E-state index contributed by atoms with van der Waals surface area (Å²) in [4.78, 5) is 0. The van der Waals surface area contributed by atoms with Gasteiger partial charge in [-0.1, -0.05) is 24.3 Å². The molecule has 0 radical (unpaired) electrons. The quantitative estimate of drug-likeness (QED) is 0.254. The van der Waals surface area contributed by atoms with E-state index in [0.717, 1.165) is 24.3 Å². The summed E-state index contributed by atoms with van der Waals surface area (Å²) in [5, 5.41) is 59.3. The summed E-state index contributed by atoms with van der Waals surface area (Å²) in [5.74, 6) is -3.93. The third kappa shape index (κ3) is 3.66. The first kappa shape index (κ1) is 26.9. The van der Waals surface area contributed by atoms with Crippen molar-refractivity contribution in [2.24, 2.45) is 0 Å². The zero-order chi connectivity index (χ0) is 30.3. The van der Waals surface area contributed by atoms with Crippen LogP contribution < -0.4 is 0 Å². The summed E-state index contributed by atoms with van der Waals surface area (Å²) < 4.78 is 61.0. The van der Waals surface area contributed by atoms with Crippen molar-refractivity contribution >= 4 is 33.4 Å². The van der Waals surface area contributed by atoms with Crippen molar-refractivity contribution in [3.05, 3.63) is 116 Å². The molecule has 0 aliphatic heterocycles. The summed E-state index contributed by atoms with van der Waals surface area (Å²) in [6, 6.07) is 18.9. The van der Waals surface area contributed by atoms with Crippen LogP contribution in [0.3, 0.4) is 0 Å². The monoisotopic (exact) mass is 552 g/mol. The number of halogens is 4. The molecule has 0 spiro atoms. The zero-order valence-corrected chi connectivity index (χ0v) is 20.8. The van der Waals surface area contributed by atoms with Gasteiger partial charge in [0.25, 0.3) is 0 Å². The molecule has 0 saturated carbocycles. The van der Waals surface area contributed by atoms with Crippen LogP contribution in [-0.2, 0) is 0 Å². The molecule has 0 saturated heterocycles. The maximum Gasteiger partial charge on any atom is 0.141 e. The lowest BCUT2D eigenvalue weighted by molar-refractivity contribution is 0.590. The van der Waals surface area contributed by atoms with Gasteiger partial charge in [0.05, 0.1) is 11.1 Å². The number of rotatable bonds is 2. The molecule has 0 N–H and O–H groups in total. The SMILES string of the molecule is N#CC(C#N)=C1C(c2ccc(F)cc2)=C(C#N)c2c(F)c3c(c(F)c21)C(C#N)=C(c1ccc(F)cc1)C3=C(C#N)C#N. The second kappa shape index (κ2) is 10.1. The minimum absolute atomic E-state index is 0.0645. The predicted molar refractivity (Wildman–Crippen MR) is 140 cm³/mol. The van der Waals surface area contributed by atoms with Crippen molar-refractivity contribution < 1.29 is 17.6 Å². The van der Waals surface area contributed by atoms with Gasteiger partial charge in [0.1, 0.15) is 70.8 Å². The van der Waals surface area contributed by atoms with Crippen LogP contribution in [-0.4, -0.2) is 0 Å². The molecular weight excluding hydrogens is 544 g/mol. The van der Waals surface area contributed by atoms with Crippen molar-refractivity contribution in [3.63, 3.8) is 0 Å². The Bertz CT molecular complexity index is 1970. The van der Waals surface area contributed by atoms with Crippen LogP contribution in [0.4, 0.5) is 17.6 Å². The van der Waals surface area contributed by atoms with E-state index in [1.165, 1.54) is 24.3 Å². The molecule has 6 nitrogen and oxygen atoms in total. The van der Waals surface area contributed by atoms with Gasteiger partial charge >= 0.3 is 0 Å². The average molecular weight is 552 g/mol. The molecule has 3 aromatic carbocycles. The van der Waals surface area contributed by atoms with E-state index in [0.29, 0.717) is 0 Å². The molecule has 0 unspecified atom stereocenters. The minimum Gasteiger partial charge on any atom is -0.207 e. The fourth-order valence-corrected chi connectivity index (χ4v) is 5.19. The highest BCUT2D eigenvalue weighted by atomic mass is 19.1. The van der Waals surface area contributed by atoms with E-state index in [4.69, 9.17) is 0 Å². The van der Waals surface area contributed by atoms with Gasteiger partial charge in [0.15, 0.2) is 0 Å². The molecule has 2 aliphatic carbocycles. The van der Waals surface area contributed by atoms with Crippen LogP contribution in [0.25, 0.3) is 33.4 Å². The maximum atomic E-state index is 16.8. The van der Waals surface area contributed by atoms with Crippen molar-refractivity contribution in [3.8, 4) is 36.4 Å². The Kier molecular flexibility index (Phi) is 6.47. The molecule has 10 heteroatoms. The summed E-state index contributed by atoms with van der Waals surface area (Å²) in [6.07, 6.45) is 0. The molecular formula is C32H8F4N6. The highest BCUT2D eigenvalue weighted by Gasteiger charge is 2.44. The van der Waals surface area contributed by atoms with Crippen molar-refractivity contribution in [2.75, 3.05) is 0 Å². The lowest BCUT2D eigenvalue weighted by Gasteiger charge is -2.14. The largest absolute Gasteiger partial charge is 0.207 e. The first-order valence-electron chi connectivity index (χ1n) is 11.7. The zero-order valence-electron chi connectivity index (χ0n) is 20.8. The van der Waals surface area contributed by atoms with Gasteiger partial charge in [-0.25, -0.2) is 17.6 Å². The number of nitriles is 6. The molecule has 2 aliphatic rings. The number of nitrogens with zero attached hydrogens (tertiary/aromatic N) is 6. The number of benzene rings is 3. The Morgan fingerprint density at radius 2 is 0.762 bits per heavy atom. The third-order valence-corrected chi connectivity index (χ3v) is 6.81. The molecule has 0 aromatic heterocycles. The second-order valence-electron chi connectivity index (χ2n) is 8.81. The molecule has 0 bridgehead atoms. The van der Waals surface area contributed by atoms with E-state index in [-0.39, 0.29) is 22.3 Å². The molecule has 0 amide bonds. The topological polar surface area (TPSA) is 143 Å². The second-order valence-corrected chi connectivity index (χ2v) is 8.81. The number of fused-ring (bicyclic) bond motifs is 2. The number of hydrogen-bond donors (Lipinski definition) is 0. The van der Waals surface area contributed by atoms with Crippen molar-refractivity contribution in [1.82, 2.24) is 0 Å². The van der Waals surface area contributed by atoms with Crippen LogP contribution in [0.2, 0.25) is 0 Å². The Hall–Kier alpha value is -6.72. The Morgan fingerprint density at radius 1 is 0.452 bits per heavy atom. The normalized spacial score (nSPS) is 12.8. The van der Waals surface area contributed by atoms with Crippen LogP contribution in [0.5, 0.6) is 0 Å². The Labute approximate surface area is 235 Å². The lowest BCUT2D eigenvalue weighted by Crippen LogP contribution is -2.05. The van der Waals surface area contributed by atoms with Gasteiger partial charge in [-0.15, -0.1) is 0 Å². The fourth-order valence-electron chi connectivity index (χ4n) is 5.19. The van der Waals surface area contributed by atoms with Crippen LogP contribution in [0.1, 0.15) is 33.4 Å².